The lowest BCUT2D eigenvalue weighted by molar-refractivity contribution is -0.118. The minimum absolute atomic E-state index is 0.0571. The highest BCUT2D eigenvalue weighted by Crippen LogP contribution is 2.19. The largest absolute Gasteiger partial charge is 0.484 e. The average Bonchev–Trinajstić information content (AvgIpc) is 2.69. The van der Waals surface area contributed by atoms with E-state index in [1.807, 2.05) is 12.1 Å². The summed E-state index contributed by atoms with van der Waals surface area (Å²) in [6.45, 7) is -0.0778. The first-order valence-electron chi connectivity index (χ1n) is 9.19. The Labute approximate surface area is 167 Å². The fourth-order valence-electron chi connectivity index (χ4n) is 3.10. The maximum absolute atomic E-state index is 12.3. The molecule has 0 radical (unpaired) electrons. The molecule has 1 aliphatic rings. The molecule has 0 aromatic heterocycles. The third kappa shape index (κ3) is 6.10. The van der Waals surface area contributed by atoms with Crippen molar-refractivity contribution in [3.63, 3.8) is 0 Å². The van der Waals surface area contributed by atoms with Crippen molar-refractivity contribution in [3.05, 3.63) is 58.6 Å². The zero-order valence-electron chi connectivity index (χ0n) is 15.0. The van der Waals surface area contributed by atoms with Crippen molar-refractivity contribution in [3.8, 4) is 5.75 Å². The number of hydrogen-bond acceptors (Lipinski definition) is 3. The zero-order valence-corrected chi connectivity index (χ0v) is 16.6. The summed E-state index contributed by atoms with van der Waals surface area (Å²) < 4.78 is 6.40. The number of hydrogen-bond donors (Lipinski definition) is 2. The van der Waals surface area contributed by atoms with E-state index in [-0.39, 0.29) is 24.5 Å². The van der Waals surface area contributed by atoms with Crippen LogP contribution in [-0.4, -0.2) is 24.5 Å². The van der Waals surface area contributed by atoms with Crippen LogP contribution in [0.2, 0.25) is 0 Å². The molecule has 1 fully saturated rings. The number of anilines is 1. The molecule has 0 unspecified atom stereocenters. The third-order valence-corrected chi connectivity index (χ3v) is 5.08. The molecule has 2 N–H and O–H groups in total. The Morgan fingerprint density at radius 1 is 0.963 bits per heavy atom. The summed E-state index contributed by atoms with van der Waals surface area (Å²) in [6.07, 6.45) is 5.72. The molecular formula is C21H23BrN2O3. The topological polar surface area (TPSA) is 67.4 Å². The molecule has 6 heteroatoms. The van der Waals surface area contributed by atoms with Gasteiger partial charge in [-0.3, -0.25) is 9.59 Å². The van der Waals surface area contributed by atoms with E-state index in [4.69, 9.17) is 4.74 Å². The van der Waals surface area contributed by atoms with Crippen molar-refractivity contribution >= 4 is 33.4 Å². The number of benzene rings is 2. The molecule has 1 saturated carbocycles. The summed E-state index contributed by atoms with van der Waals surface area (Å²) in [7, 11) is 0. The summed E-state index contributed by atoms with van der Waals surface area (Å²) in [6, 6.07) is 14.5. The van der Waals surface area contributed by atoms with Crippen LogP contribution in [0.3, 0.4) is 0 Å². The van der Waals surface area contributed by atoms with Gasteiger partial charge in [-0.05, 0) is 61.4 Å². The summed E-state index contributed by atoms with van der Waals surface area (Å²) in [5.41, 5.74) is 1.23. The van der Waals surface area contributed by atoms with E-state index >= 15 is 0 Å². The fourth-order valence-corrected chi connectivity index (χ4v) is 3.36. The highest BCUT2D eigenvalue weighted by atomic mass is 79.9. The molecule has 27 heavy (non-hydrogen) atoms. The number of carbonyl (C=O) groups is 2. The molecule has 0 heterocycles. The van der Waals surface area contributed by atoms with Crippen molar-refractivity contribution in [1.82, 2.24) is 5.32 Å². The Balaban J connectivity index is 1.47. The Hall–Kier alpha value is -2.34. The van der Waals surface area contributed by atoms with Gasteiger partial charge in [0.1, 0.15) is 5.75 Å². The second kappa shape index (κ2) is 9.55. The van der Waals surface area contributed by atoms with Crippen LogP contribution in [-0.2, 0) is 4.79 Å². The van der Waals surface area contributed by atoms with Crippen molar-refractivity contribution in [2.75, 3.05) is 11.9 Å². The Morgan fingerprint density at radius 3 is 2.30 bits per heavy atom. The average molecular weight is 431 g/mol. The quantitative estimate of drug-likeness (QED) is 0.707. The van der Waals surface area contributed by atoms with Crippen LogP contribution in [0.5, 0.6) is 5.75 Å². The van der Waals surface area contributed by atoms with Gasteiger partial charge in [0.2, 0.25) is 0 Å². The third-order valence-electron chi connectivity index (χ3n) is 4.55. The van der Waals surface area contributed by atoms with Gasteiger partial charge >= 0.3 is 0 Å². The lowest BCUT2D eigenvalue weighted by atomic mass is 9.95. The molecule has 0 saturated heterocycles. The predicted molar refractivity (Wildman–Crippen MR) is 109 cm³/mol. The summed E-state index contributed by atoms with van der Waals surface area (Å²) in [5.74, 6) is 0.318. The van der Waals surface area contributed by atoms with Gasteiger partial charge in [0.25, 0.3) is 11.8 Å². The van der Waals surface area contributed by atoms with Gasteiger partial charge in [-0.1, -0.05) is 35.2 Å². The normalized spacial score (nSPS) is 14.4. The van der Waals surface area contributed by atoms with E-state index in [1.54, 1.807) is 36.4 Å². The van der Waals surface area contributed by atoms with Crippen molar-refractivity contribution in [1.29, 1.82) is 0 Å². The number of nitrogens with one attached hydrogen (secondary N) is 2. The molecule has 0 bridgehead atoms. The SMILES string of the molecule is O=C(COc1ccc(Br)cc1)Nc1ccc(C(=O)NC2CCCCC2)cc1. The first kappa shape index (κ1) is 19.4. The Morgan fingerprint density at radius 2 is 1.63 bits per heavy atom. The number of ether oxygens (including phenoxy) is 1. The second-order valence-electron chi connectivity index (χ2n) is 6.68. The van der Waals surface area contributed by atoms with E-state index in [9.17, 15) is 9.59 Å². The zero-order chi connectivity index (χ0) is 19.1. The highest BCUT2D eigenvalue weighted by Gasteiger charge is 2.16. The first-order chi connectivity index (χ1) is 13.1. The molecule has 0 aliphatic heterocycles. The van der Waals surface area contributed by atoms with Crippen molar-refractivity contribution in [2.24, 2.45) is 0 Å². The molecule has 142 valence electrons. The smallest absolute Gasteiger partial charge is 0.262 e. The summed E-state index contributed by atoms with van der Waals surface area (Å²) in [5, 5.41) is 5.85. The van der Waals surface area contributed by atoms with E-state index in [0.717, 1.165) is 17.3 Å². The first-order valence-corrected chi connectivity index (χ1v) is 9.98. The lowest BCUT2D eigenvalue weighted by Crippen LogP contribution is -2.36. The molecule has 1 aliphatic carbocycles. The molecular weight excluding hydrogens is 408 g/mol. The molecule has 2 aromatic carbocycles. The van der Waals surface area contributed by atoms with Crippen LogP contribution < -0.4 is 15.4 Å². The molecule has 2 aromatic rings. The number of rotatable bonds is 6. The Kier molecular flexibility index (Phi) is 6.87. The van der Waals surface area contributed by atoms with Gasteiger partial charge < -0.3 is 15.4 Å². The van der Waals surface area contributed by atoms with Crippen molar-refractivity contribution < 1.29 is 14.3 Å². The van der Waals surface area contributed by atoms with E-state index in [2.05, 4.69) is 26.6 Å². The van der Waals surface area contributed by atoms with Gasteiger partial charge in [0.15, 0.2) is 6.61 Å². The minimum Gasteiger partial charge on any atom is -0.484 e. The molecule has 0 spiro atoms. The fraction of sp³-hybridized carbons (Fsp3) is 0.333. The van der Waals surface area contributed by atoms with Gasteiger partial charge in [-0.15, -0.1) is 0 Å². The van der Waals surface area contributed by atoms with Crippen LogP contribution >= 0.6 is 15.9 Å². The molecule has 0 atom stereocenters. The number of amides is 2. The van der Waals surface area contributed by atoms with Crippen LogP contribution in [0.15, 0.2) is 53.0 Å². The summed E-state index contributed by atoms with van der Waals surface area (Å²) >= 11 is 3.35. The summed E-state index contributed by atoms with van der Waals surface area (Å²) in [4.78, 5) is 24.3. The lowest BCUT2D eigenvalue weighted by Gasteiger charge is -2.22. The standard InChI is InChI=1S/C21H23BrN2O3/c22-16-8-12-19(13-9-16)27-14-20(25)23-18-10-6-15(7-11-18)21(26)24-17-4-2-1-3-5-17/h6-13,17H,1-5,14H2,(H,23,25)(H,24,26). The van der Waals surface area contributed by atoms with Gasteiger partial charge in [0, 0.05) is 21.8 Å². The molecule has 5 nitrogen and oxygen atoms in total. The molecule has 2 amide bonds. The maximum atomic E-state index is 12.3. The number of halogens is 1. The van der Waals surface area contributed by atoms with E-state index < -0.39 is 0 Å². The number of carbonyl (C=O) groups excluding carboxylic acids is 2. The van der Waals surface area contributed by atoms with Crippen LogP contribution in [0, 0.1) is 0 Å². The molecule has 3 rings (SSSR count). The van der Waals surface area contributed by atoms with Gasteiger partial charge in [-0.2, -0.15) is 0 Å². The minimum atomic E-state index is -0.252. The van der Waals surface area contributed by atoms with Crippen LogP contribution in [0.25, 0.3) is 0 Å². The maximum Gasteiger partial charge on any atom is 0.262 e. The van der Waals surface area contributed by atoms with E-state index in [1.165, 1.54) is 19.3 Å². The van der Waals surface area contributed by atoms with Crippen LogP contribution in [0.1, 0.15) is 42.5 Å². The van der Waals surface area contributed by atoms with Gasteiger partial charge in [-0.25, -0.2) is 0 Å². The van der Waals surface area contributed by atoms with Gasteiger partial charge in [0.05, 0.1) is 0 Å². The van der Waals surface area contributed by atoms with Crippen LogP contribution in [0.4, 0.5) is 5.69 Å². The van der Waals surface area contributed by atoms with Crippen molar-refractivity contribution in [2.45, 2.75) is 38.1 Å². The van der Waals surface area contributed by atoms with E-state index in [0.29, 0.717) is 17.0 Å². The Bertz CT molecular complexity index is 769. The highest BCUT2D eigenvalue weighted by molar-refractivity contribution is 9.10. The second-order valence-corrected chi connectivity index (χ2v) is 7.59. The monoisotopic (exact) mass is 430 g/mol. The predicted octanol–water partition coefficient (Wildman–Crippen LogP) is 4.53.